The fraction of sp³-hybridized carbons (Fsp3) is 0.538. The predicted octanol–water partition coefficient (Wildman–Crippen LogP) is 2.70. The van der Waals surface area contributed by atoms with Gasteiger partial charge in [0, 0.05) is 6.07 Å². The van der Waals surface area contributed by atoms with Crippen molar-refractivity contribution in [3.63, 3.8) is 0 Å². The number of aliphatic hydroxyl groups excluding tert-OH is 1. The third kappa shape index (κ3) is 2.98. The van der Waals surface area contributed by atoms with Crippen LogP contribution in [0.1, 0.15) is 32.1 Å². The minimum Gasteiger partial charge on any atom is -0.391 e. The lowest BCUT2D eigenvalue weighted by Gasteiger charge is -2.22. The van der Waals surface area contributed by atoms with Crippen LogP contribution in [0.5, 0.6) is 0 Å². The summed E-state index contributed by atoms with van der Waals surface area (Å²) in [5, 5.41) is 24.1. The van der Waals surface area contributed by atoms with E-state index in [1.54, 1.807) is 18.2 Å². The van der Waals surface area contributed by atoms with Gasteiger partial charge in [0.25, 0.3) is 5.69 Å². The molecular formula is C13H18N2O3. The Morgan fingerprint density at radius 1 is 1.22 bits per heavy atom. The quantitative estimate of drug-likeness (QED) is 0.491. The van der Waals surface area contributed by atoms with Gasteiger partial charge in [-0.3, -0.25) is 10.1 Å². The monoisotopic (exact) mass is 250 g/mol. The van der Waals surface area contributed by atoms with E-state index < -0.39 is 11.0 Å². The molecule has 0 saturated heterocycles. The van der Waals surface area contributed by atoms with Gasteiger partial charge in [-0.2, -0.15) is 0 Å². The summed E-state index contributed by atoms with van der Waals surface area (Å²) in [6, 6.07) is 6.49. The largest absolute Gasteiger partial charge is 0.391 e. The lowest BCUT2D eigenvalue weighted by molar-refractivity contribution is -0.384. The van der Waals surface area contributed by atoms with Crippen molar-refractivity contribution in [2.75, 3.05) is 5.32 Å². The van der Waals surface area contributed by atoms with Crippen molar-refractivity contribution in [2.45, 2.75) is 44.2 Å². The van der Waals surface area contributed by atoms with E-state index >= 15 is 0 Å². The maximum Gasteiger partial charge on any atom is 0.292 e. The van der Waals surface area contributed by atoms with Crippen LogP contribution in [0.15, 0.2) is 24.3 Å². The third-order valence-corrected chi connectivity index (χ3v) is 3.42. The fourth-order valence-electron chi connectivity index (χ4n) is 2.41. The van der Waals surface area contributed by atoms with Crippen LogP contribution < -0.4 is 5.32 Å². The minimum absolute atomic E-state index is 0.0638. The average molecular weight is 250 g/mol. The number of benzene rings is 1. The predicted molar refractivity (Wildman–Crippen MR) is 69.6 cm³/mol. The molecule has 1 aromatic rings. The molecular weight excluding hydrogens is 232 g/mol. The van der Waals surface area contributed by atoms with E-state index in [1.807, 2.05) is 0 Å². The highest BCUT2D eigenvalue weighted by molar-refractivity contribution is 5.61. The molecule has 1 saturated carbocycles. The molecule has 0 bridgehead atoms. The molecule has 2 rings (SSSR count). The first kappa shape index (κ1) is 12.8. The Kier molecular flexibility index (Phi) is 4.15. The highest BCUT2D eigenvalue weighted by Crippen LogP contribution is 2.27. The van der Waals surface area contributed by atoms with Crippen molar-refractivity contribution in [2.24, 2.45) is 0 Å². The van der Waals surface area contributed by atoms with Crippen molar-refractivity contribution in [3.8, 4) is 0 Å². The minimum atomic E-state index is -0.424. The molecule has 0 aromatic heterocycles. The first-order valence-corrected chi connectivity index (χ1v) is 6.36. The van der Waals surface area contributed by atoms with Gasteiger partial charge in [-0.25, -0.2) is 0 Å². The zero-order valence-electron chi connectivity index (χ0n) is 10.2. The number of nitro groups is 1. The molecule has 5 nitrogen and oxygen atoms in total. The Hall–Kier alpha value is -1.62. The van der Waals surface area contributed by atoms with Crippen LogP contribution in [0, 0.1) is 10.1 Å². The van der Waals surface area contributed by atoms with Crippen LogP contribution >= 0.6 is 0 Å². The maximum atomic E-state index is 10.9. The van der Waals surface area contributed by atoms with Crippen LogP contribution in [0.25, 0.3) is 0 Å². The first-order valence-electron chi connectivity index (χ1n) is 6.36. The van der Waals surface area contributed by atoms with Gasteiger partial charge in [0.1, 0.15) is 5.69 Å². The number of nitro benzene ring substituents is 1. The molecule has 0 amide bonds. The van der Waals surface area contributed by atoms with Crippen LogP contribution in [0.2, 0.25) is 0 Å². The maximum absolute atomic E-state index is 10.9. The van der Waals surface area contributed by atoms with Gasteiger partial charge >= 0.3 is 0 Å². The molecule has 1 fully saturated rings. The molecule has 98 valence electrons. The number of nitrogens with zero attached hydrogens (tertiary/aromatic N) is 1. The second kappa shape index (κ2) is 5.82. The molecule has 18 heavy (non-hydrogen) atoms. The van der Waals surface area contributed by atoms with Gasteiger partial charge in [-0.1, -0.05) is 31.4 Å². The average Bonchev–Trinajstić information content (AvgIpc) is 2.55. The second-order valence-corrected chi connectivity index (χ2v) is 4.73. The van der Waals surface area contributed by atoms with Crippen molar-refractivity contribution >= 4 is 11.4 Å². The van der Waals surface area contributed by atoms with Gasteiger partial charge in [-0.05, 0) is 18.9 Å². The topological polar surface area (TPSA) is 75.4 Å². The molecule has 0 radical (unpaired) electrons. The molecule has 2 atom stereocenters. The van der Waals surface area contributed by atoms with E-state index in [9.17, 15) is 15.2 Å². The number of nitrogens with one attached hydrogen (secondary N) is 1. The van der Waals surface area contributed by atoms with Crippen molar-refractivity contribution in [1.82, 2.24) is 0 Å². The number of hydrogen-bond acceptors (Lipinski definition) is 4. The van der Waals surface area contributed by atoms with Gasteiger partial charge in [-0.15, -0.1) is 0 Å². The smallest absolute Gasteiger partial charge is 0.292 e. The van der Waals surface area contributed by atoms with Crippen LogP contribution in [-0.4, -0.2) is 22.2 Å². The Morgan fingerprint density at radius 3 is 2.72 bits per heavy atom. The van der Waals surface area contributed by atoms with Gasteiger partial charge < -0.3 is 10.4 Å². The lowest BCUT2D eigenvalue weighted by atomic mass is 10.1. The van der Waals surface area contributed by atoms with Gasteiger partial charge in [0.2, 0.25) is 0 Å². The fourth-order valence-corrected chi connectivity index (χ4v) is 2.41. The molecule has 2 N–H and O–H groups in total. The first-order chi connectivity index (χ1) is 8.68. The summed E-state index contributed by atoms with van der Waals surface area (Å²) in [5.74, 6) is 0. The summed E-state index contributed by atoms with van der Waals surface area (Å²) in [5.41, 5.74) is 0.558. The number of hydrogen-bond donors (Lipinski definition) is 2. The molecule has 0 aliphatic heterocycles. The Labute approximate surface area is 106 Å². The standard InChI is InChI=1S/C13H18N2O3/c16-13-9-3-1-2-7-11(13)14-10-6-4-5-8-12(10)15(17)18/h4-6,8,11,13-14,16H,1-3,7,9H2. The molecule has 0 spiro atoms. The van der Waals surface area contributed by atoms with Crippen LogP contribution in [-0.2, 0) is 0 Å². The Balaban J connectivity index is 2.14. The SMILES string of the molecule is O=[N+]([O-])c1ccccc1NC1CCCCCC1O. The molecule has 2 unspecified atom stereocenters. The van der Waals surface area contributed by atoms with Crippen LogP contribution in [0.4, 0.5) is 11.4 Å². The zero-order chi connectivity index (χ0) is 13.0. The van der Waals surface area contributed by atoms with Gasteiger partial charge in [0.05, 0.1) is 17.1 Å². The van der Waals surface area contributed by atoms with E-state index in [-0.39, 0.29) is 11.7 Å². The molecule has 1 aromatic carbocycles. The Morgan fingerprint density at radius 2 is 1.94 bits per heavy atom. The highest BCUT2D eigenvalue weighted by atomic mass is 16.6. The van der Waals surface area contributed by atoms with E-state index in [1.165, 1.54) is 6.07 Å². The van der Waals surface area contributed by atoms with E-state index in [0.717, 1.165) is 32.1 Å². The van der Waals surface area contributed by atoms with E-state index in [0.29, 0.717) is 5.69 Å². The summed E-state index contributed by atoms with van der Waals surface area (Å²) >= 11 is 0. The highest BCUT2D eigenvalue weighted by Gasteiger charge is 2.23. The van der Waals surface area contributed by atoms with Crippen molar-refractivity contribution in [1.29, 1.82) is 0 Å². The summed E-state index contributed by atoms with van der Waals surface area (Å²) < 4.78 is 0. The normalized spacial score (nSPS) is 24.3. The van der Waals surface area contributed by atoms with Gasteiger partial charge in [0.15, 0.2) is 0 Å². The second-order valence-electron chi connectivity index (χ2n) is 4.73. The molecule has 0 heterocycles. The summed E-state index contributed by atoms with van der Waals surface area (Å²) in [6.45, 7) is 0. The molecule has 5 heteroatoms. The van der Waals surface area contributed by atoms with E-state index in [4.69, 9.17) is 0 Å². The summed E-state index contributed by atoms with van der Waals surface area (Å²) in [7, 11) is 0. The summed E-state index contributed by atoms with van der Waals surface area (Å²) in [6.07, 6.45) is 4.38. The van der Waals surface area contributed by atoms with Crippen molar-refractivity contribution in [3.05, 3.63) is 34.4 Å². The van der Waals surface area contributed by atoms with Crippen molar-refractivity contribution < 1.29 is 10.0 Å². The molecule has 1 aliphatic rings. The number of aliphatic hydroxyl groups is 1. The lowest BCUT2D eigenvalue weighted by Crippen LogP contribution is -2.32. The number of para-hydroxylation sites is 2. The van der Waals surface area contributed by atoms with E-state index in [2.05, 4.69) is 5.32 Å². The number of rotatable bonds is 3. The summed E-state index contributed by atoms with van der Waals surface area (Å²) in [4.78, 5) is 10.5. The number of anilines is 1. The van der Waals surface area contributed by atoms with Crippen LogP contribution in [0.3, 0.4) is 0 Å². The third-order valence-electron chi connectivity index (χ3n) is 3.42. The molecule has 1 aliphatic carbocycles. The zero-order valence-corrected chi connectivity index (χ0v) is 10.2. The Bertz CT molecular complexity index is 422.